The highest BCUT2D eigenvalue weighted by Crippen LogP contribution is 2.03. The van der Waals surface area contributed by atoms with E-state index in [4.69, 9.17) is 29.9 Å². The molecule has 8 nitrogen and oxygen atoms in total. The Morgan fingerprint density at radius 2 is 1.28 bits per heavy atom. The molecule has 3 unspecified atom stereocenters. The number of rotatable bonds is 9. The van der Waals surface area contributed by atoms with Crippen molar-refractivity contribution in [2.75, 3.05) is 19.8 Å². The van der Waals surface area contributed by atoms with Crippen LogP contribution in [0, 0.1) is 0 Å². The van der Waals surface area contributed by atoms with Gasteiger partial charge in [-0.3, -0.25) is 0 Å². The quantitative estimate of drug-likeness (QED) is 0.518. The third-order valence-corrected chi connectivity index (χ3v) is 2.87. The number of ether oxygens (including phenoxy) is 2. The van der Waals surface area contributed by atoms with Gasteiger partial charge in [-0.05, 0) is 45.0 Å². The molecule has 142 valence electrons. The largest absolute Gasteiger partial charge is 0.478 e. The molecule has 1 rings (SSSR count). The van der Waals surface area contributed by atoms with Crippen LogP contribution in [0.4, 0.5) is 0 Å². The van der Waals surface area contributed by atoms with Gasteiger partial charge < -0.3 is 29.9 Å². The highest BCUT2D eigenvalue weighted by atomic mass is 16.5. The molecule has 25 heavy (non-hydrogen) atoms. The van der Waals surface area contributed by atoms with E-state index >= 15 is 0 Å². The fraction of sp³-hybridized carbons (Fsp3) is 0.529. The molecule has 0 aromatic heterocycles. The summed E-state index contributed by atoms with van der Waals surface area (Å²) in [6, 6.07) is 5.02. The average Bonchev–Trinajstić information content (AvgIpc) is 2.58. The van der Waals surface area contributed by atoms with Crippen LogP contribution in [-0.4, -0.2) is 70.5 Å². The van der Waals surface area contributed by atoms with Crippen molar-refractivity contribution in [1.82, 2.24) is 0 Å². The van der Waals surface area contributed by atoms with Crippen molar-refractivity contribution in [2.45, 2.75) is 39.1 Å². The molecule has 0 amide bonds. The van der Waals surface area contributed by atoms with E-state index in [0.29, 0.717) is 13.2 Å². The van der Waals surface area contributed by atoms with Crippen LogP contribution in [0.2, 0.25) is 0 Å². The molecular weight excluding hydrogens is 332 g/mol. The molecule has 0 fully saturated rings. The van der Waals surface area contributed by atoms with Gasteiger partial charge in [0, 0.05) is 0 Å². The lowest BCUT2D eigenvalue weighted by Crippen LogP contribution is -2.24. The molecule has 0 aliphatic heterocycles. The lowest BCUT2D eigenvalue weighted by atomic mass is 10.1. The Morgan fingerprint density at radius 3 is 1.60 bits per heavy atom. The molecule has 4 N–H and O–H groups in total. The van der Waals surface area contributed by atoms with Crippen molar-refractivity contribution in [3.8, 4) is 0 Å². The van der Waals surface area contributed by atoms with Gasteiger partial charge in [0.2, 0.25) is 0 Å². The number of carbonyl (C=O) groups is 2. The predicted molar refractivity (Wildman–Crippen MR) is 90.0 cm³/mol. The fourth-order valence-corrected chi connectivity index (χ4v) is 1.46. The standard InChI is InChI=1S/C9H20O4.C8H6O4/c1-7(11)5-12-9(3)6-13-8(2)4-10;9-7(10)5-1-2-6(4-3-5)8(11)12/h7-11H,4-6H2,1-3H3;1-4H,(H,9,10)(H,11,12). The maximum absolute atomic E-state index is 10.3. The number of hydrogen-bond donors (Lipinski definition) is 4. The van der Waals surface area contributed by atoms with E-state index in [1.54, 1.807) is 13.8 Å². The highest BCUT2D eigenvalue weighted by molar-refractivity contribution is 5.91. The minimum absolute atomic E-state index is 0.0170. The van der Waals surface area contributed by atoms with Crippen LogP contribution in [0.3, 0.4) is 0 Å². The average molecular weight is 358 g/mol. The molecule has 3 atom stereocenters. The normalized spacial score (nSPS) is 14.0. The Balaban J connectivity index is 0.000000462. The molecule has 1 aromatic rings. The van der Waals surface area contributed by atoms with E-state index in [-0.39, 0.29) is 29.9 Å². The number of benzene rings is 1. The molecule has 0 aliphatic carbocycles. The number of aromatic carboxylic acids is 2. The van der Waals surface area contributed by atoms with Gasteiger partial charge in [0.05, 0.1) is 49.3 Å². The molecule has 0 heterocycles. The van der Waals surface area contributed by atoms with E-state index in [2.05, 4.69) is 0 Å². The lowest BCUT2D eigenvalue weighted by molar-refractivity contribution is -0.0620. The smallest absolute Gasteiger partial charge is 0.335 e. The monoisotopic (exact) mass is 358 g/mol. The Morgan fingerprint density at radius 1 is 0.880 bits per heavy atom. The summed E-state index contributed by atoms with van der Waals surface area (Å²) in [6.45, 7) is 6.10. The molecule has 0 spiro atoms. The number of aliphatic hydroxyl groups excluding tert-OH is 2. The van der Waals surface area contributed by atoms with Gasteiger partial charge >= 0.3 is 11.9 Å². The van der Waals surface area contributed by atoms with Crippen LogP contribution in [0.5, 0.6) is 0 Å². The first kappa shape index (κ1) is 23.0. The Bertz CT molecular complexity index is 479. The number of hydrogen-bond acceptors (Lipinski definition) is 6. The van der Waals surface area contributed by atoms with Crippen molar-refractivity contribution in [2.24, 2.45) is 0 Å². The first-order valence-corrected chi connectivity index (χ1v) is 7.76. The van der Waals surface area contributed by atoms with Gasteiger partial charge in [-0.1, -0.05) is 0 Å². The number of carboxylic acids is 2. The molecule has 8 heteroatoms. The fourth-order valence-electron chi connectivity index (χ4n) is 1.46. The molecule has 0 saturated heterocycles. The summed E-state index contributed by atoms with van der Waals surface area (Å²) in [5.74, 6) is -2.13. The SMILES string of the molecule is CC(O)COC(C)COC(C)CO.O=C(O)c1ccc(C(=O)O)cc1. The van der Waals surface area contributed by atoms with Crippen LogP contribution in [0.1, 0.15) is 41.5 Å². The Labute approximate surface area is 146 Å². The van der Waals surface area contributed by atoms with Crippen molar-refractivity contribution in [1.29, 1.82) is 0 Å². The minimum atomic E-state index is -1.06. The number of carboxylic acid groups (broad SMARTS) is 2. The van der Waals surface area contributed by atoms with Gasteiger partial charge in [-0.15, -0.1) is 0 Å². The molecule has 1 aromatic carbocycles. The van der Waals surface area contributed by atoms with Gasteiger partial charge in [0.15, 0.2) is 0 Å². The first-order chi connectivity index (χ1) is 11.7. The van der Waals surface area contributed by atoms with Gasteiger partial charge in [-0.2, -0.15) is 0 Å². The van der Waals surface area contributed by atoms with Crippen LogP contribution in [0.15, 0.2) is 24.3 Å². The van der Waals surface area contributed by atoms with Gasteiger partial charge in [-0.25, -0.2) is 9.59 Å². The van der Waals surface area contributed by atoms with Crippen molar-refractivity contribution >= 4 is 11.9 Å². The summed E-state index contributed by atoms with van der Waals surface area (Å²) < 4.78 is 10.5. The summed E-state index contributed by atoms with van der Waals surface area (Å²) in [5.41, 5.74) is 0.167. The molecule has 0 bridgehead atoms. The second-order valence-electron chi connectivity index (χ2n) is 5.51. The Kier molecular flexibility index (Phi) is 11.4. The second kappa shape index (κ2) is 12.4. The molecule has 0 radical (unpaired) electrons. The summed E-state index contributed by atoms with van der Waals surface area (Å²) in [7, 11) is 0. The van der Waals surface area contributed by atoms with E-state index in [1.807, 2.05) is 6.92 Å². The number of aliphatic hydroxyl groups is 2. The lowest BCUT2D eigenvalue weighted by Gasteiger charge is -2.16. The topological polar surface area (TPSA) is 134 Å². The van der Waals surface area contributed by atoms with Crippen molar-refractivity contribution in [3.05, 3.63) is 35.4 Å². The zero-order valence-corrected chi connectivity index (χ0v) is 14.6. The summed E-state index contributed by atoms with van der Waals surface area (Å²) in [4.78, 5) is 20.7. The summed E-state index contributed by atoms with van der Waals surface area (Å²) in [5, 5.41) is 34.5. The maximum Gasteiger partial charge on any atom is 0.335 e. The minimum Gasteiger partial charge on any atom is -0.478 e. The second-order valence-corrected chi connectivity index (χ2v) is 5.51. The molecule has 0 aliphatic rings. The van der Waals surface area contributed by atoms with E-state index < -0.39 is 18.0 Å². The van der Waals surface area contributed by atoms with Crippen LogP contribution in [0.25, 0.3) is 0 Å². The summed E-state index contributed by atoms with van der Waals surface area (Å²) in [6.07, 6.45) is -0.654. The van der Waals surface area contributed by atoms with Crippen molar-refractivity contribution in [3.63, 3.8) is 0 Å². The first-order valence-electron chi connectivity index (χ1n) is 7.76. The van der Waals surface area contributed by atoms with Crippen LogP contribution in [-0.2, 0) is 9.47 Å². The van der Waals surface area contributed by atoms with Gasteiger partial charge in [0.25, 0.3) is 0 Å². The van der Waals surface area contributed by atoms with E-state index in [1.165, 1.54) is 24.3 Å². The third kappa shape index (κ3) is 11.2. The van der Waals surface area contributed by atoms with Crippen molar-refractivity contribution < 1.29 is 39.5 Å². The van der Waals surface area contributed by atoms with E-state index in [9.17, 15) is 9.59 Å². The van der Waals surface area contributed by atoms with Crippen LogP contribution < -0.4 is 0 Å². The maximum atomic E-state index is 10.3. The Hall–Kier alpha value is -2.00. The van der Waals surface area contributed by atoms with Crippen LogP contribution >= 0.6 is 0 Å². The van der Waals surface area contributed by atoms with E-state index in [0.717, 1.165) is 0 Å². The highest BCUT2D eigenvalue weighted by Gasteiger charge is 2.07. The summed E-state index contributed by atoms with van der Waals surface area (Å²) >= 11 is 0. The molecular formula is C17H26O8. The zero-order valence-electron chi connectivity index (χ0n) is 14.6. The zero-order chi connectivity index (χ0) is 19.4. The predicted octanol–water partition coefficient (Wildman–Crippen LogP) is 1.25. The van der Waals surface area contributed by atoms with Gasteiger partial charge in [0.1, 0.15) is 0 Å². The third-order valence-electron chi connectivity index (χ3n) is 2.87. The molecule has 0 saturated carbocycles.